The molecule has 94 valence electrons. The van der Waals surface area contributed by atoms with Crippen LogP contribution in [0.25, 0.3) is 0 Å². The van der Waals surface area contributed by atoms with Crippen molar-refractivity contribution in [1.82, 2.24) is 5.32 Å². The Labute approximate surface area is 117 Å². The van der Waals surface area contributed by atoms with E-state index in [-0.39, 0.29) is 0 Å². The lowest BCUT2D eigenvalue weighted by atomic mass is 9.74. The van der Waals surface area contributed by atoms with Gasteiger partial charge in [0.25, 0.3) is 0 Å². The molecule has 0 saturated heterocycles. The molecule has 0 saturated carbocycles. The molecule has 0 amide bonds. The second kappa shape index (κ2) is 5.04. The van der Waals surface area contributed by atoms with Gasteiger partial charge in [-0.25, -0.2) is 0 Å². The zero-order valence-electron chi connectivity index (χ0n) is 10.3. The van der Waals surface area contributed by atoms with Crippen LogP contribution in [0.4, 0.5) is 0 Å². The predicted octanol–water partition coefficient (Wildman–Crippen LogP) is 4.39. The summed E-state index contributed by atoms with van der Waals surface area (Å²) in [6.45, 7) is 0. The van der Waals surface area contributed by atoms with Crippen molar-refractivity contribution in [2.75, 3.05) is 7.05 Å². The highest BCUT2D eigenvalue weighted by Gasteiger charge is 2.28. The van der Waals surface area contributed by atoms with E-state index in [2.05, 4.69) is 35.6 Å². The second-order valence-corrected chi connectivity index (χ2v) is 6.57. The van der Waals surface area contributed by atoms with E-state index in [1.165, 1.54) is 22.4 Å². The van der Waals surface area contributed by atoms with Crippen molar-refractivity contribution in [3.05, 3.63) is 56.7 Å². The molecule has 0 bridgehead atoms. The van der Waals surface area contributed by atoms with Gasteiger partial charge in [-0.3, -0.25) is 0 Å². The van der Waals surface area contributed by atoms with E-state index in [1.54, 1.807) is 11.3 Å². The van der Waals surface area contributed by atoms with Gasteiger partial charge >= 0.3 is 0 Å². The lowest BCUT2D eigenvalue weighted by molar-refractivity contribution is 0.457. The van der Waals surface area contributed by atoms with E-state index in [9.17, 15) is 0 Å². The summed E-state index contributed by atoms with van der Waals surface area (Å²) >= 11 is 7.70. The molecular formula is C15H16ClNS. The van der Waals surface area contributed by atoms with E-state index in [1.807, 2.05) is 13.1 Å². The smallest absolute Gasteiger partial charge is 0.0931 e. The van der Waals surface area contributed by atoms with Crippen molar-refractivity contribution in [3.8, 4) is 0 Å². The highest BCUT2D eigenvalue weighted by molar-refractivity contribution is 7.16. The quantitative estimate of drug-likeness (QED) is 0.874. The molecule has 1 aromatic heterocycles. The molecule has 0 spiro atoms. The van der Waals surface area contributed by atoms with Gasteiger partial charge in [-0.2, -0.15) is 0 Å². The molecule has 1 heterocycles. The first kappa shape index (κ1) is 12.2. The summed E-state index contributed by atoms with van der Waals surface area (Å²) in [6.07, 6.45) is 2.37. The molecule has 1 nitrogen and oxygen atoms in total. The maximum absolute atomic E-state index is 6.02. The zero-order chi connectivity index (χ0) is 12.5. The Balaban J connectivity index is 1.73. The monoisotopic (exact) mass is 277 g/mol. The Morgan fingerprint density at radius 1 is 1.33 bits per heavy atom. The number of benzene rings is 1. The Morgan fingerprint density at radius 3 is 2.83 bits per heavy atom. The molecule has 0 fully saturated rings. The first-order valence-corrected chi connectivity index (χ1v) is 7.47. The number of fused-ring (bicyclic) bond motifs is 1. The molecule has 2 atom stereocenters. The maximum atomic E-state index is 6.02. The van der Waals surface area contributed by atoms with E-state index in [0.717, 1.165) is 10.8 Å². The third-order valence-electron chi connectivity index (χ3n) is 3.77. The summed E-state index contributed by atoms with van der Waals surface area (Å²) in [4.78, 5) is 1.34. The molecule has 3 rings (SSSR count). The SMILES string of the molecule is CNC(CC1Cc2ccccc21)c1ccc(Cl)s1. The molecule has 1 aliphatic rings. The topological polar surface area (TPSA) is 12.0 Å². The molecule has 0 radical (unpaired) electrons. The van der Waals surface area contributed by atoms with Crippen molar-refractivity contribution in [2.45, 2.75) is 24.8 Å². The highest BCUT2D eigenvalue weighted by atomic mass is 35.5. The van der Waals surface area contributed by atoms with E-state index >= 15 is 0 Å². The number of thiophene rings is 1. The largest absolute Gasteiger partial charge is 0.312 e. The lowest BCUT2D eigenvalue weighted by Crippen LogP contribution is -2.24. The van der Waals surface area contributed by atoms with Gasteiger partial charge in [0.05, 0.1) is 4.34 Å². The second-order valence-electron chi connectivity index (χ2n) is 4.82. The highest BCUT2D eigenvalue weighted by Crippen LogP contribution is 2.41. The minimum Gasteiger partial charge on any atom is -0.312 e. The van der Waals surface area contributed by atoms with Gasteiger partial charge in [-0.15, -0.1) is 11.3 Å². The normalized spacial score (nSPS) is 19.1. The van der Waals surface area contributed by atoms with E-state index < -0.39 is 0 Å². The van der Waals surface area contributed by atoms with Crippen LogP contribution in [0.5, 0.6) is 0 Å². The molecular weight excluding hydrogens is 262 g/mol. The van der Waals surface area contributed by atoms with Crippen LogP contribution >= 0.6 is 22.9 Å². The molecule has 1 aliphatic carbocycles. The summed E-state index contributed by atoms with van der Waals surface area (Å²) in [7, 11) is 2.03. The Hall–Kier alpha value is -0.830. The average molecular weight is 278 g/mol. The van der Waals surface area contributed by atoms with Crippen LogP contribution < -0.4 is 5.32 Å². The minimum atomic E-state index is 0.417. The third kappa shape index (κ3) is 2.20. The van der Waals surface area contributed by atoms with Crippen molar-refractivity contribution >= 4 is 22.9 Å². The molecule has 0 aliphatic heterocycles. The maximum Gasteiger partial charge on any atom is 0.0931 e. The summed E-state index contributed by atoms with van der Waals surface area (Å²) in [5.41, 5.74) is 3.04. The number of hydrogen-bond donors (Lipinski definition) is 1. The fourth-order valence-corrected chi connectivity index (χ4v) is 3.93. The fourth-order valence-electron chi connectivity index (χ4n) is 2.75. The summed E-state index contributed by atoms with van der Waals surface area (Å²) < 4.78 is 0.874. The molecule has 18 heavy (non-hydrogen) atoms. The van der Waals surface area contributed by atoms with Gasteiger partial charge in [-0.05, 0) is 49.1 Å². The number of halogens is 1. The van der Waals surface area contributed by atoms with Crippen LogP contribution in [0.3, 0.4) is 0 Å². The van der Waals surface area contributed by atoms with Crippen LogP contribution in [0.15, 0.2) is 36.4 Å². The Bertz CT molecular complexity index is 549. The van der Waals surface area contributed by atoms with Crippen LogP contribution in [0.1, 0.15) is 34.4 Å². The van der Waals surface area contributed by atoms with Gasteiger partial charge in [0.15, 0.2) is 0 Å². The molecule has 3 heteroatoms. The van der Waals surface area contributed by atoms with Crippen molar-refractivity contribution in [1.29, 1.82) is 0 Å². The van der Waals surface area contributed by atoms with Crippen molar-refractivity contribution < 1.29 is 0 Å². The van der Waals surface area contributed by atoms with Gasteiger partial charge in [0.2, 0.25) is 0 Å². The molecule has 2 unspecified atom stereocenters. The fraction of sp³-hybridized carbons (Fsp3) is 0.333. The summed E-state index contributed by atoms with van der Waals surface area (Å²) in [5.74, 6) is 0.694. The molecule has 1 aromatic carbocycles. The van der Waals surface area contributed by atoms with Gasteiger partial charge in [0, 0.05) is 10.9 Å². The average Bonchev–Trinajstić information content (AvgIpc) is 2.77. The number of hydrogen-bond acceptors (Lipinski definition) is 2. The molecule has 2 aromatic rings. The van der Waals surface area contributed by atoms with Gasteiger partial charge in [0.1, 0.15) is 0 Å². The summed E-state index contributed by atoms with van der Waals surface area (Å²) in [6, 6.07) is 13.3. The summed E-state index contributed by atoms with van der Waals surface area (Å²) in [5, 5.41) is 3.41. The van der Waals surface area contributed by atoms with Crippen LogP contribution in [-0.2, 0) is 6.42 Å². The van der Waals surface area contributed by atoms with Crippen molar-refractivity contribution in [2.24, 2.45) is 0 Å². The standard InChI is InChI=1S/C15H16ClNS/c1-17-13(14-6-7-15(16)18-14)9-11-8-10-4-2-3-5-12(10)11/h2-7,11,13,17H,8-9H2,1H3. The number of rotatable bonds is 4. The third-order valence-corrected chi connectivity index (χ3v) is 5.11. The zero-order valence-corrected chi connectivity index (χ0v) is 11.9. The van der Waals surface area contributed by atoms with Crippen LogP contribution in [-0.4, -0.2) is 7.05 Å². The van der Waals surface area contributed by atoms with Crippen LogP contribution in [0.2, 0.25) is 4.34 Å². The Kier molecular flexibility index (Phi) is 3.42. The first-order chi connectivity index (χ1) is 8.78. The minimum absolute atomic E-state index is 0.417. The van der Waals surface area contributed by atoms with Gasteiger partial charge in [-0.1, -0.05) is 35.9 Å². The Morgan fingerprint density at radius 2 is 2.17 bits per heavy atom. The first-order valence-electron chi connectivity index (χ1n) is 6.28. The van der Waals surface area contributed by atoms with Crippen LogP contribution in [0, 0.1) is 0 Å². The lowest BCUT2D eigenvalue weighted by Gasteiger charge is -2.32. The van der Waals surface area contributed by atoms with E-state index in [4.69, 9.17) is 11.6 Å². The van der Waals surface area contributed by atoms with E-state index in [0.29, 0.717) is 12.0 Å². The molecule has 1 N–H and O–H groups in total. The number of nitrogens with one attached hydrogen (secondary N) is 1. The van der Waals surface area contributed by atoms with Crippen molar-refractivity contribution in [3.63, 3.8) is 0 Å². The van der Waals surface area contributed by atoms with Gasteiger partial charge < -0.3 is 5.32 Å². The predicted molar refractivity (Wildman–Crippen MR) is 78.6 cm³/mol.